The van der Waals surface area contributed by atoms with Gasteiger partial charge in [-0.05, 0) is 182 Å². The Hall–Kier alpha value is -10.2. The Morgan fingerprint density at radius 1 is 0.312 bits per heavy atom. The van der Waals surface area contributed by atoms with Crippen LogP contribution < -0.4 is 21.3 Å². The summed E-state index contributed by atoms with van der Waals surface area (Å²) in [5.41, 5.74) is -0.327. The van der Waals surface area contributed by atoms with Crippen LogP contribution in [-0.2, 0) is 57.1 Å². The molecule has 602 valence electrons. The number of H-pyrrole nitrogens is 2. The van der Waals surface area contributed by atoms with Gasteiger partial charge in [-0.15, -0.1) is 0 Å². The van der Waals surface area contributed by atoms with E-state index in [1.807, 2.05) is 111 Å². The van der Waals surface area contributed by atoms with Crippen molar-refractivity contribution in [2.75, 3.05) is 52.9 Å². The predicted molar refractivity (Wildman–Crippen MR) is 426 cm³/mol. The monoisotopic (exact) mass is 1540 g/mol. The Morgan fingerprint density at radius 2 is 0.554 bits per heavy atom. The third kappa shape index (κ3) is 23.9. The second-order valence-electron chi connectivity index (χ2n) is 31.9. The van der Waals surface area contributed by atoms with Crippen LogP contribution in [-0.4, -0.2) is 187 Å². The summed E-state index contributed by atoms with van der Waals surface area (Å²) in [5.74, 6) is -5.03. The van der Waals surface area contributed by atoms with E-state index in [9.17, 15) is 38.4 Å². The number of fused-ring (bicyclic) bond motifs is 20. The van der Waals surface area contributed by atoms with Crippen molar-refractivity contribution in [2.45, 2.75) is 234 Å². The molecule has 28 heteroatoms. The molecule has 0 spiro atoms. The van der Waals surface area contributed by atoms with Crippen molar-refractivity contribution in [3.8, 4) is 45.6 Å². The van der Waals surface area contributed by atoms with Crippen molar-refractivity contribution in [1.29, 1.82) is 0 Å². The molecule has 4 amide bonds. The average molecular weight is 1540 g/mol. The topological polar surface area (TPSA) is 367 Å². The molecule has 2 aliphatic heterocycles. The van der Waals surface area contributed by atoms with E-state index in [0.29, 0.717) is 69.5 Å². The lowest BCUT2D eigenvalue weighted by Crippen LogP contribution is -2.46. The summed E-state index contributed by atoms with van der Waals surface area (Å²) in [4.78, 5) is 152. The standard InChI is InChI=1S/C84H110N12O16/c1-17-21-25-37-105-77(101)61(45-109-81(5,6)7)85-73(97)49-29-33-53-57(41-49)69-90-65(53)89-66-54-34-30-51(75(99)87-63(47-111-83(11,12)13)79(103)107-39-27-23-19-3)43-59(54)71(91-66)96-72-60-44-52(76(100)88-64(48-112-84(14,15)16)80(104)108-40-28-24-20-4)32-36-56(60)68(95-72)94-70-58-42-50(31-35-55(58)67(92-69)93-70)74(98)86-62(46-110-82(8,9)10)78(102)106-38-26-22-18-2/h29-36,41-44,61-64H,17-28,37-40,45-48H2,1-16H3,(H,85,97)(H,86,98)(H,87,99)(H,88,100)(H2,89,90,91,92,93,94,95,96). The fourth-order valence-corrected chi connectivity index (χ4v) is 11.8. The highest BCUT2D eigenvalue weighted by molar-refractivity contribution is 6.11. The van der Waals surface area contributed by atoms with E-state index in [0.717, 1.165) is 51.4 Å². The molecule has 0 fully saturated rings. The first kappa shape index (κ1) is 85.8. The number of amides is 4. The van der Waals surface area contributed by atoms with Gasteiger partial charge in [-0.1, -0.05) is 79.1 Å². The first-order valence-corrected chi connectivity index (χ1v) is 39.0. The molecule has 2 aliphatic rings. The van der Waals surface area contributed by atoms with Crippen LogP contribution in [0.2, 0.25) is 0 Å². The van der Waals surface area contributed by atoms with Crippen molar-refractivity contribution in [1.82, 2.24) is 61.1 Å². The number of ether oxygens (including phenoxy) is 8. The highest BCUT2D eigenvalue weighted by atomic mass is 16.6. The molecule has 0 saturated carbocycles. The number of carbonyl (C=O) groups is 8. The minimum Gasteiger partial charge on any atom is -0.464 e. The third-order valence-corrected chi connectivity index (χ3v) is 17.9. The van der Waals surface area contributed by atoms with Gasteiger partial charge in [0.25, 0.3) is 23.6 Å². The fourth-order valence-electron chi connectivity index (χ4n) is 11.8. The van der Waals surface area contributed by atoms with Crippen LogP contribution in [0.25, 0.3) is 89.7 Å². The predicted octanol–water partition coefficient (Wildman–Crippen LogP) is 13.5. The molecule has 7 aromatic rings. The Bertz CT molecular complexity index is 4730. The molecule has 6 N–H and O–H groups in total. The second-order valence-corrected chi connectivity index (χ2v) is 31.9. The van der Waals surface area contributed by atoms with Crippen LogP contribution >= 0.6 is 0 Å². The summed E-state index contributed by atoms with van der Waals surface area (Å²) in [6, 6.07) is 14.4. The van der Waals surface area contributed by atoms with E-state index in [1.54, 1.807) is 72.8 Å². The molecule has 112 heavy (non-hydrogen) atoms. The average Bonchev–Trinajstić information content (AvgIpc) is 1.59. The normalized spacial score (nSPS) is 13.3. The van der Waals surface area contributed by atoms with Crippen molar-refractivity contribution in [3.63, 3.8) is 0 Å². The van der Waals surface area contributed by atoms with Crippen molar-refractivity contribution in [2.24, 2.45) is 0 Å². The number of aromatic amines is 2. The molecule has 0 saturated heterocycles. The van der Waals surface area contributed by atoms with Crippen LogP contribution in [0.1, 0.15) is 229 Å². The van der Waals surface area contributed by atoms with Crippen LogP contribution in [0.5, 0.6) is 0 Å². The molecule has 3 aromatic heterocycles. The van der Waals surface area contributed by atoms with Crippen LogP contribution in [0.15, 0.2) is 72.8 Å². The number of unbranched alkanes of at least 4 members (excludes halogenated alkanes) is 8. The van der Waals surface area contributed by atoms with E-state index < -0.39 is 94.1 Å². The number of hydrogen-bond donors (Lipinski definition) is 6. The Morgan fingerprint density at radius 3 is 0.812 bits per heavy atom. The first-order chi connectivity index (χ1) is 53.1. The molecule has 9 rings (SSSR count). The zero-order valence-electron chi connectivity index (χ0n) is 67.6. The van der Waals surface area contributed by atoms with Crippen molar-refractivity contribution in [3.05, 3.63) is 95.1 Å². The molecule has 8 bridgehead atoms. The van der Waals surface area contributed by atoms with E-state index in [1.165, 1.54) is 0 Å². The molecule has 4 unspecified atom stereocenters. The van der Waals surface area contributed by atoms with Crippen molar-refractivity contribution >= 4 is 91.6 Å². The van der Waals surface area contributed by atoms with Gasteiger partial charge < -0.3 is 69.1 Å². The number of hydrogen-bond acceptors (Lipinski definition) is 22. The van der Waals surface area contributed by atoms with E-state index in [-0.39, 0.29) is 121 Å². The maximum absolute atomic E-state index is 14.7. The van der Waals surface area contributed by atoms with Gasteiger partial charge >= 0.3 is 23.9 Å². The summed E-state index contributed by atoms with van der Waals surface area (Å²) in [6.07, 6.45) is 9.49. The SMILES string of the molecule is CCCCCOC(=O)C(COC(C)(C)C)NC(=O)c1ccc2c(c1)-c1nc-2nc2[nH]c(nc3nc(nc4[nH]c(n1)c1ccc(C(=O)NC(COC(C)(C)C)C(=O)OCCCCC)cc41)-c1ccc(C(=O)NC(COC(C)(C)C)C(=O)OCCCCC)cc1-3)c1cc(C(=O)NC(COC(C)(C)C)C(=O)OCCCCC)ccc21. The fraction of sp³-hybridized carbons (Fsp3) is 0.524. The number of benzene rings is 4. The Balaban J connectivity index is 1.28. The van der Waals surface area contributed by atoms with Crippen LogP contribution in [0.3, 0.4) is 0 Å². The van der Waals surface area contributed by atoms with Gasteiger partial charge in [0.05, 0.1) is 75.3 Å². The van der Waals surface area contributed by atoms with Crippen molar-refractivity contribution < 1.29 is 76.3 Å². The molecule has 0 radical (unpaired) electrons. The largest absolute Gasteiger partial charge is 0.464 e. The minimum absolute atomic E-state index is 0.0149. The molecular weight excluding hydrogens is 1430 g/mol. The third-order valence-electron chi connectivity index (χ3n) is 17.9. The molecule has 28 nitrogen and oxygen atoms in total. The Labute approximate surface area is 653 Å². The summed E-state index contributed by atoms with van der Waals surface area (Å²) in [6.45, 7) is 30.0. The zero-order valence-corrected chi connectivity index (χ0v) is 67.6. The van der Waals surface area contributed by atoms with E-state index in [2.05, 4.69) is 31.2 Å². The molecular formula is C84H110N12O16. The minimum atomic E-state index is -1.21. The molecule has 4 aromatic carbocycles. The lowest BCUT2D eigenvalue weighted by molar-refractivity contribution is -0.150. The van der Waals surface area contributed by atoms with Gasteiger partial charge in [-0.2, -0.15) is 0 Å². The summed E-state index contributed by atoms with van der Waals surface area (Å²) < 4.78 is 46.9. The first-order valence-electron chi connectivity index (χ1n) is 39.0. The van der Waals surface area contributed by atoms with E-state index in [4.69, 9.17) is 67.8 Å². The van der Waals surface area contributed by atoms with Gasteiger partial charge in [-0.3, -0.25) is 19.2 Å². The number of carbonyl (C=O) groups excluding carboxylic acids is 8. The van der Waals surface area contributed by atoms with Gasteiger partial charge in [0, 0.05) is 66.1 Å². The second kappa shape index (κ2) is 38.4. The molecule has 4 atom stereocenters. The van der Waals surface area contributed by atoms with E-state index >= 15 is 0 Å². The van der Waals surface area contributed by atoms with Crippen LogP contribution in [0, 0.1) is 0 Å². The maximum atomic E-state index is 14.7. The van der Waals surface area contributed by atoms with Gasteiger partial charge in [0.15, 0.2) is 47.5 Å². The smallest absolute Gasteiger partial charge is 0.331 e. The number of rotatable bonds is 36. The Kier molecular flexibility index (Phi) is 29.4. The van der Waals surface area contributed by atoms with Crippen LogP contribution in [0.4, 0.5) is 0 Å². The van der Waals surface area contributed by atoms with Gasteiger partial charge in [0.1, 0.15) is 22.6 Å². The number of aromatic nitrogens is 8. The summed E-state index contributed by atoms with van der Waals surface area (Å²) >= 11 is 0. The number of nitrogens with one attached hydrogen (secondary N) is 6. The molecule has 0 aliphatic carbocycles. The summed E-state index contributed by atoms with van der Waals surface area (Å²) in [7, 11) is 0. The summed E-state index contributed by atoms with van der Waals surface area (Å²) in [5, 5.41) is 12.9. The van der Waals surface area contributed by atoms with Gasteiger partial charge in [-0.25, -0.2) is 49.1 Å². The highest BCUT2D eigenvalue weighted by Gasteiger charge is 2.33. The molecule has 5 heterocycles. The maximum Gasteiger partial charge on any atom is 0.331 e. The number of nitrogens with zero attached hydrogens (tertiary/aromatic N) is 6. The highest BCUT2D eigenvalue weighted by Crippen LogP contribution is 2.39. The number of esters is 4. The van der Waals surface area contributed by atoms with Gasteiger partial charge in [0.2, 0.25) is 0 Å². The lowest BCUT2D eigenvalue weighted by atomic mass is 10.0. The zero-order chi connectivity index (χ0) is 81.2. The lowest BCUT2D eigenvalue weighted by Gasteiger charge is -2.24. The quantitative estimate of drug-likeness (QED) is 0.0121.